The third-order valence-electron chi connectivity index (χ3n) is 3.41. The van der Waals surface area contributed by atoms with Crippen LogP contribution in [0.2, 0.25) is 0 Å². The molecular formula is C15H16F2N2. The number of hydrogen-bond acceptors (Lipinski definition) is 2. The largest absolute Gasteiger partial charge is 0.384 e. The van der Waals surface area contributed by atoms with Gasteiger partial charge in [-0.15, -0.1) is 0 Å². The molecule has 0 spiro atoms. The second-order valence-corrected chi connectivity index (χ2v) is 5.08. The lowest BCUT2D eigenvalue weighted by Crippen LogP contribution is -2.03. The van der Waals surface area contributed by atoms with Gasteiger partial charge in [-0.05, 0) is 25.3 Å². The Kier molecular flexibility index (Phi) is 3.09. The van der Waals surface area contributed by atoms with Crippen molar-refractivity contribution >= 4 is 16.6 Å². The fourth-order valence-electron chi connectivity index (χ4n) is 2.29. The molecule has 0 bridgehead atoms. The van der Waals surface area contributed by atoms with Gasteiger partial charge in [0.15, 0.2) is 0 Å². The minimum atomic E-state index is -0.577. The number of rotatable bonds is 4. The lowest BCUT2D eigenvalue weighted by molar-refractivity contribution is 0.591. The second kappa shape index (κ2) is 4.76. The van der Waals surface area contributed by atoms with Crippen LogP contribution in [0, 0.1) is 11.6 Å². The zero-order valence-electron chi connectivity index (χ0n) is 10.8. The van der Waals surface area contributed by atoms with E-state index in [-0.39, 0.29) is 0 Å². The zero-order valence-corrected chi connectivity index (χ0v) is 10.8. The molecule has 19 heavy (non-hydrogen) atoms. The van der Waals surface area contributed by atoms with Crippen LogP contribution in [0.4, 0.5) is 14.5 Å². The topological polar surface area (TPSA) is 24.9 Å². The number of halogens is 2. The second-order valence-electron chi connectivity index (χ2n) is 5.08. The quantitative estimate of drug-likeness (QED) is 0.892. The molecule has 100 valence electrons. The van der Waals surface area contributed by atoms with Crippen LogP contribution in [0.25, 0.3) is 10.9 Å². The molecule has 1 heterocycles. The molecule has 0 saturated heterocycles. The van der Waals surface area contributed by atoms with Gasteiger partial charge in [0, 0.05) is 36.0 Å². The van der Waals surface area contributed by atoms with E-state index in [0.717, 1.165) is 43.3 Å². The molecule has 1 aromatic heterocycles. The van der Waals surface area contributed by atoms with Crippen molar-refractivity contribution in [3.63, 3.8) is 0 Å². The normalized spacial score (nSPS) is 14.9. The van der Waals surface area contributed by atoms with E-state index in [2.05, 4.69) is 10.3 Å². The summed E-state index contributed by atoms with van der Waals surface area (Å²) in [5, 5.41) is 3.61. The Labute approximate surface area is 110 Å². The number of benzene rings is 1. The lowest BCUT2D eigenvalue weighted by atomic mass is 10.1. The smallest absolute Gasteiger partial charge is 0.137 e. The molecule has 1 aliphatic rings. The third-order valence-corrected chi connectivity index (χ3v) is 3.41. The minimum absolute atomic E-state index is 0.388. The van der Waals surface area contributed by atoms with E-state index >= 15 is 0 Å². The number of aromatic nitrogens is 1. The van der Waals surface area contributed by atoms with Gasteiger partial charge >= 0.3 is 0 Å². The molecule has 2 aromatic rings. The molecule has 0 aliphatic heterocycles. The lowest BCUT2D eigenvalue weighted by Gasteiger charge is -2.12. The Hall–Kier alpha value is -1.71. The van der Waals surface area contributed by atoms with E-state index in [9.17, 15) is 8.78 Å². The number of hydrogen-bond donors (Lipinski definition) is 1. The molecule has 1 aromatic carbocycles. The fourth-order valence-corrected chi connectivity index (χ4v) is 2.29. The van der Waals surface area contributed by atoms with Crippen LogP contribution in [-0.2, 0) is 0 Å². The maximum absolute atomic E-state index is 14.0. The van der Waals surface area contributed by atoms with Gasteiger partial charge in [0.25, 0.3) is 0 Å². The van der Waals surface area contributed by atoms with E-state index in [0.29, 0.717) is 16.8 Å². The predicted octanol–water partition coefficient (Wildman–Crippen LogP) is 4.21. The summed E-state index contributed by atoms with van der Waals surface area (Å²) in [6.07, 6.45) is 3.18. The first-order chi connectivity index (χ1) is 9.19. The van der Waals surface area contributed by atoms with Gasteiger partial charge in [0.05, 0.1) is 10.9 Å². The van der Waals surface area contributed by atoms with Gasteiger partial charge in [0.2, 0.25) is 0 Å². The summed E-state index contributed by atoms with van der Waals surface area (Å²) in [6, 6.07) is 4.13. The molecule has 0 radical (unpaired) electrons. The molecule has 1 saturated carbocycles. The average molecular weight is 262 g/mol. The molecule has 0 unspecified atom stereocenters. The molecular weight excluding hydrogens is 246 g/mol. The van der Waals surface area contributed by atoms with Crippen molar-refractivity contribution in [1.82, 2.24) is 4.98 Å². The summed E-state index contributed by atoms with van der Waals surface area (Å²) in [4.78, 5) is 4.41. The maximum atomic E-state index is 14.0. The maximum Gasteiger partial charge on any atom is 0.137 e. The van der Waals surface area contributed by atoms with Crippen LogP contribution in [-0.4, -0.2) is 11.5 Å². The molecule has 2 nitrogen and oxygen atoms in total. The first-order valence-corrected chi connectivity index (χ1v) is 6.72. The van der Waals surface area contributed by atoms with Crippen LogP contribution in [0.5, 0.6) is 0 Å². The summed E-state index contributed by atoms with van der Waals surface area (Å²) >= 11 is 0. The first-order valence-electron chi connectivity index (χ1n) is 6.72. The van der Waals surface area contributed by atoms with Crippen molar-refractivity contribution in [1.29, 1.82) is 0 Å². The Bertz CT molecular complexity index is 621. The molecule has 1 fully saturated rings. The summed E-state index contributed by atoms with van der Waals surface area (Å²) in [6.45, 7) is 2.81. The molecule has 1 aliphatic carbocycles. The predicted molar refractivity (Wildman–Crippen MR) is 72.4 cm³/mol. The highest BCUT2D eigenvalue weighted by Gasteiger charge is 2.26. The third kappa shape index (κ3) is 2.39. The van der Waals surface area contributed by atoms with Crippen molar-refractivity contribution < 1.29 is 8.78 Å². The van der Waals surface area contributed by atoms with Crippen LogP contribution >= 0.6 is 0 Å². The summed E-state index contributed by atoms with van der Waals surface area (Å²) < 4.78 is 27.3. The van der Waals surface area contributed by atoms with E-state index in [1.54, 1.807) is 0 Å². The van der Waals surface area contributed by atoms with Crippen molar-refractivity contribution in [3.8, 4) is 0 Å². The van der Waals surface area contributed by atoms with Crippen LogP contribution in [0.1, 0.15) is 37.8 Å². The molecule has 1 N–H and O–H groups in total. The van der Waals surface area contributed by atoms with Crippen molar-refractivity contribution in [2.75, 3.05) is 11.9 Å². The average Bonchev–Trinajstić information content (AvgIpc) is 3.18. The highest BCUT2D eigenvalue weighted by Crippen LogP contribution is 2.41. The van der Waals surface area contributed by atoms with Gasteiger partial charge in [-0.25, -0.2) is 8.78 Å². The zero-order chi connectivity index (χ0) is 13.4. The molecule has 0 atom stereocenters. The van der Waals surface area contributed by atoms with E-state index in [1.807, 2.05) is 13.0 Å². The van der Waals surface area contributed by atoms with Crippen molar-refractivity contribution in [3.05, 3.63) is 35.5 Å². The Balaban J connectivity index is 2.17. The van der Waals surface area contributed by atoms with Gasteiger partial charge in [-0.3, -0.25) is 4.98 Å². The van der Waals surface area contributed by atoms with Crippen molar-refractivity contribution in [2.45, 2.75) is 32.1 Å². The minimum Gasteiger partial charge on any atom is -0.384 e. The van der Waals surface area contributed by atoms with Gasteiger partial charge in [-0.2, -0.15) is 0 Å². The van der Waals surface area contributed by atoms with Crippen LogP contribution < -0.4 is 5.32 Å². The number of fused-ring (bicyclic) bond motifs is 1. The van der Waals surface area contributed by atoms with Crippen LogP contribution in [0.15, 0.2) is 18.2 Å². The summed E-state index contributed by atoms with van der Waals surface area (Å²) in [5.74, 6) is -0.673. The van der Waals surface area contributed by atoms with Gasteiger partial charge in [-0.1, -0.05) is 6.92 Å². The highest BCUT2D eigenvalue weighted by atomic mass is 19.1. The van der Waals surface area contributed by atoms with Crippen molar-refractivity contribution in [2.24, 2.45) is 0 Å². The van der Waals surface area contributed by atoms with Crippen LogP contribution in [0.3, 0.4) is 0 Å². The number of anilines is 1. The SMILES string of the molecule is CCCNc1cc(C2CC2)nc2cc(F)cc(F)c12. The highest BCUT2D eigenvalue weighted by molar-refractivity contribution is 5.92. The van der Waals surface area contributed by atoms with E-state index in [1.165, 1.54) is 6.07 Å². The number of nitrogens with one attached hydrogen (secondary N) is 1. The Morgan fingerprint density at radius 1 is 1.26 bits per heavy atom. The first kappa shape index (κ1) is 12.3. The molecule has 3 rings (SSSR count). The molecule has 4 heteroatoms. The number of pyridine rings is 1. The standard InChI is InChI=1S/C15H16F2N2/c1-2-5-18-13-8-12(9-3-4-9)19-14-7-10(16)6-11(17)15(13)14/h6-9H,2-5H2,1H3,(H,18,19). The molecule has 0 amide bonds. The van der Waals surface area contributed by atoms with Gasteiger partial charge in [0.1, 0.15) is 11.6 Å². The van der Waals surface area contributed by atoms with Gasteiger partial charge < -0.3 is 5.32 Å². The Morgan fingerprint density at radius 2 is 2.05 bits per heavy atom. The number of nitrogens with zero attached hydrogens (tertiary/aromatic N) is 1. The summed E-state index contributed by atoms with van der Waals surface area (Å²) in [5.41, 5.74) is 2.07. The Morgan fingerprint density at radius 3 is 2.74 bits per heavy atom. The van der Waals surface area contributed by atoms with E-state index in [4.69, 9.17) is 0 Å². The fraction of sp³-hybridized carbons (Fsp3) is 0.400. The summed E-state index contributed by atoms with van der Waals surface area (Å²) in [7, 11) is 0. The van der Waals surface area contributed by atoms with E-state index < -0.39 is 11.6 Å². The monoisotopic (exact) mass is 262 g/mol.